The molecule has 6 heteroatoms. The van der Waals surface area contributed by atoms with Crippen molar-refractivity contribution in [2.45, 2.75) is 25.6 Å². The molecule has 1 aliphatic heterocycles. The Kier molecular flexibility index (Phi) is 4.45. The standard InChI is InChI=1S/C18H14ClF3O2/c1-2-11-3-6-13(7-4-11)23-16-10-15-12(9-14(16)19)5-8-17(24-15)18(20,21)22/h3-10,17H,2H2,1H3/t17-/m0/s1. The lowest BCUT2D eigenvalue weighted by atomic mass is 10.1. The maximum Gasteiger partial charge on any atom is 0.429 e. The fraction of sp³-hybridized carbons (Fsp3) is 0.222. The number of benzene rings is 2. The summed E-state index contributed by atoms with van der Waals surface area (Å²) in [6, 6.07) is 10.3. The summed E-state index contributed by atoms with van der Waals surface area (Å²) in [4.78, 5) is 0. The second-order valence-electron chi connectivity index (χ2n) is 5.36. The summed E-state index contributed by atoms with van der Waals surface area (Å²) in [5.74, 6) is 0.882. The topological polar surface area (TPSA) is 18.5 Å². The number of rotatable bonds is 3. The minimum absolute atomic E-state index is 0.0874. The van der Waals surface area contributed by atoms with Crippen molar-refractivity contribution in [3.63, 3.8) is 0 Å². The van der Waals surface area contributed by atoms with Crippen LogP contribution in [0.5, 0.6) is 17.2 Å². The van der Waals surface area contributed by atoms with E-state index < -0.39 is 12.3 Å². The van der Waals surface area contributed by atoms with Gasteiger partial charge in [-0.1, -0.05) is 36.7 Å². The van der Waals surface area contributed by atoms with Crippen LogP contribution in [-0.2, 0) is 6.42 Å². The average Bonchev–Trinajstić information content (AvgIpc) is 2.55. The van der Waals surface area contributed by atoms with Gasteiger partial charge in [0, 0.05) is 11.6 Å². The van der Waals surface area contributed by atoms with Crippen LogP contribution < -0.4 is 9.47 Å². The predicted octanol–water partition coefficient (Wildman–Crippen LogP) is 6.03. The van der Waals surface area contributed by atoms with Gasteiger partial charge in [0.15, 0.2) is 0 Å². The summed E-state index contributed by atoms with van der Waals surface area (Å²) in [5, 5.41) is 0.298. The Morgan fingerprint density at radius 1 is 1.17 bits per heavy atom. The minimum Gasteiger partial charge on any atom is -0.476 e. The molecule has 0 fully saturated rings. The molecule has 3 rings (SSSR count). The minimum atomic E-state index is -4.47. The molecule has 0 saturated heterocycles. The van der Waals surface area contributed by atoms with Crippen molar-refractivity contribution in [1.82, 2.24) is 0 Å². The molecule has 0 N–H and O–H groups in total. The number of hydrogen-bond acceptors (Lipinski definition) is 2. The number of hydrogen-bond donors (Lipinski definition) is 0. The highest BCUT2D eigenvalue weighted by molar-refractivity contribution is 6.32. The molecule has 0 bridgehead atoms. The van der Waals surface area contributed by atoms with Gasteiger partial charge in [0.1, 0.15) is 17.2 Å². The van der Waals surface area contributed by atoms with Crippen LogP contribution in [0.25, 0.3) is 6.08 Å². The van der Waals surface area contributed by atoms with Gasteiger partial charge >= 0.3 is 6.18 Å². The lowest BCUT2D eigenvalue weighted by Crippen LogP contribution is -2.33. The first kappa shape index (κ1) is 16.7. The van der Waals surface area contributed by atoms with Crippen LogP contribution >= 0.6 is 11.6 Å². The smallest absolute Gasteiger partial charge is 0.429 e. The van der Waals surface area contributed by atoms with Crippen LogP contribution in [0.2, 0.25) is 5.02 Å². The fourth-order valence-corrected chi connectivity index (χ4v) is 2.53. The van der Waals surface area contributed by atoms with Crippen molar-refractivity contribution in [2.75, 3.05) is 0 Å². The van der Waals surface area contributed by atoms with Gasteiger partial charge in [-0.2, -0.15) is 13.2 Å². The van der Waals surface area contributed by atoms with Crippen LogP contribution in [-0.4, -0.2) is 12.3 Å². The summed E-state index contributed by atoms with van der Waals surface area (Å²) in [7, 11) is 0. The Morgan fingerprint density at radius 2 is 1.88 bits per heavy atom. The van der Waals surface area contributed by atoms with Gasteiger partial charge < -0.3 is 9.47 Å². The second-order valence-corrected chi connectivity index (χ2v) is 5.77. The maximum atomic E-state index is 12.8. The lowest BCUT2D eigenvalue weighted by Gasteiger charge is -2.24. The van der Waals surface area contributed by atoms with E-state index in [0.29, 0.717) is 16.3 Å². The van der Waals surface area contributed by atoms with E-state index in [0.717, 1.165) is 18.1 Å². The van der Waals surface area contributed by atoms with E-state index in [1.807, 2.05) is 19.1 Å². The van der Waals surface area contributed by atoms with Crippen molar-refractivity contribution in [3.05, 3.63) is 58.6 Å². The fourth-order valence-electron chi connectivity index (χ4n) is 2.32. The third-order valence-corrected chi connectivity index (χ3v) is 3.95. The largest absolute Gasteiger partial charge is 0.476 e. The molecule has 0 aromatic heterocycles. The zero-order valence-corrected chi connectivity index (χ0v) is 13.5. The number of halogens is 4. The Bertz CT molecular complexity index is 767. The van der Waals surface area contributed by atoms with Gasteiger partial charge in [0.25, 0.3) is 0 Å². The molecule has 0 unspecified atom stereocenters. The second kappa shape index (κ2) is 6.40. The van der Waals surface area contributed by atoms with E-state index in [4.69, 9.17) is 21.1 Å². The first-order valence-corrected chi connectivity index (χ1v) is 7.76. The quantitative estimate of drug-likeness (QED) is 0.669. The van der Waals surface area contributed by atoms with Gasteiger partial charge in [-0.3, -0.25) is 0 Å². The summed E-state index contributed by atoms with van der Waals surface area (Å²) in [6.45, 7) is 2.04. The first-order valence-electron chi connectivity index (χ1n) is 7.38. The Morgan fingerprint density at radius 3 is 2.50 bits per heavy atom. The van der Waals surface area contributed by atoms with Crippen molar-refractivity contribution in [2.24, 2.45) is 0 Å². The number of ether oxygens (including phenoxy) is 2. The highest BCUT2D eigenvalue weighted by Crippen LogP contribution is 2.40. The van der Waals surface area contributed by atoms with Gasteiger partial charge in [0.05, 0.1) is 5.02 Å². The molecule has 0 spiro atoms. The molecule has 2 aromatic carbocycles. The molecule has 24 heavy (non-hydrogen) atoms. The highest BCUT2D eigenvalue weighted by Gasteiger charge is 2.41. The lowest BCUT2D eigenvalue weighted by molar-refractivity contribution is -0.180. The zero-order chi connectivity index (χ0) is 17.3. The SMILES string of the molecule is CCc1ccc(Oc2cc3c(cc2Cl)C=C[C@@H](C(F)(F)F)O3)cc1. The molecule has 0 aliphatic carbocycles. The summed E-state index contributed by atoms with van der Waals surface area (Å²) >= 11 is 6.16. The monoisotopic (exact) mass is 354 g/mol. The van der Waals surface area contributed by atoms with Crippen LogP contribution in [0.1, 0.15) is 18.1 Å². The zero-order valence-electron chi connectivity index (χ0n) is 12.7. The number of fused-ring (bicyclic) bond motifs is 1. The Hall–Kier alpha value is -2.14. The molecular formula is C18H14ClF3O2. The molecular weight excluding hydrogens is 341 g/mol. The predicted molar refractivity (Wildman–Crippen MR) is 86.9 cm³/mol. The summed E-state index contributed by atoms with van der Waals surface area (Å²) in [6.07, 6.45) is -3.22. The van der Waals surface area contributed by atoms with Crippen molar-refractivity contribution in [1.29, 1.82) is 0 Å². The van der Waals surface area contributed by atoms with Crippen molar-refractivity contribution in [3.8, 4) is 17.2 Å². The summed E-state index contributed by atoms with van der Waals surface area (Å²) < 4.78 is 49.1. The Balaban J connectivity index is 1.87. The van der Waals surface area contributed by atoms with E-state index in [2.05, 4.69) is 0 Å². The van der Waals surface area contributed by atoms with Crippen LogP contribution in [0.4, 0.5) is 13.2 Å². The highest BCUT2D eigenvalue weighted by atomic mass is 35.5. The van der Waals surface area contributed by atoms with Crippen molar-refractivity contribution >= 4 is 17.7 Å². The normalized spacial score (nSPS) is 16.5. The van der Waals surface area contributed by atoms with Crippen LogP contribution in [0.15, 0.2) is 42.5 Å². The number of aryl methyl sites for hydroxylation is 1. The van der Waals surface area contributed by atoms with Crippen LogP contribution in [0.3, 0.4) is 0 Å². The molecule has 126 valence electrons. The van der Waals surface area contributed by atoms with E-state index in [9.17, 15) is 13.2 Å². The van der Waals surface area contributed by atoms with Crippen LogP contribution in [0, 0.1) is 0 Å². The molecule has 1 aliphatic rings. The van der Waals surface area contributed by atoms with E-state index in [-0.39, 0.29) is 11.5 Å². The first-order chi connectivity index (χ1) is 11.4. The van der Waals surface area contributed by atoms with E-state index >= 15 is 0 Å². The molecule has 1 heterocycles. The third-order valence-electron chi connectivity index (χ3n) is 3.65. The average molecular weight is 355 g/mol. The van der Waals surface area contributed by atoms with E-state index in [1.54, 1.807) is 12.1 Å². The molecule has 0 amide bonds. The molecule has 2 nitrogen and oxygen atoms in total. The molecule has 0 radical (unpaired) electrons. The number of alkyl halides is 3. The molecule has 2 aromatic rings. The van der Waals surface area contributed by atoms with Gasteiger partial charge in [-0.05, 0) is 36.3 Å². The van der Waals surface area contributed by atoms with Gasteiger partial charge in [-0.25, -0.2) is 0 Å². The maximum absolute atomic E-state index is 12.8. The third kappa shape index (κ3) is 3.51. The molecule has 0 saturated carbocycles. The van der Waals surface area contributed by atoms with Crippen molar-refractivity contribution < 1.29 is 22.6 Å². The molecule has 1 atom stereocenters. The van der Waals surface area contributed by atoms with Gasteiger partial charge in [0.2, 0.25) is 6.10 Å². The van der Waals surface area contributed by atoms with E-state index in [1.165, 1.54) is 18.2 Å². The Labute approximate surface area is 142 Å². The van der Waals surface area contributed by atoms with Gasteiger partial charge in [-0.15, -0.1) is 0 Å². The summed E-state index contributed by atoms with van der Waals surface area (Å²) in [5.41, 5.74) is 1.63.